The highest BCUT2D eigenvalue weighted by Gasteiger charge is 2.17. The molecule has 2 aromatic heterocycles. The van der Waals surface area contributed by atoms with E-state index in [1.54, 1.807) is 24.8 Å². The van der Waals surface area contributed by atoms with Crippen LogP contribution >= 0.6 is 11.3 Å². The fourth-order valence-electron chi connectivity index (χ4n) is 2.73. The van der Waals surface area contributed by atoms with Gasteiger partial charge in [0.2, 0.25) is 0 Å². The standard InChI is InChI=1S/C17H28N4OS/c1-6-20(7-2)8-9-21(10-11-22-5)16-15-13(3)14(4)23-17(15)19-12-18-16/h12H,6-11H2,1-5H3. The molecule has 0 amide bonds. The number of hydrogen-bond acceptors (Lipinski definition) is 6. The largest absolute Gasteiger partial charge is 0.383 e. The van der Waals surface area contributed by atoms with Crippen LogP contribution in [-0.2, 0) is 4.74 Å². The topological polar surface area (TPSA) is 41.5 Å². The lowest BCUT2D eigenvalue weighted by molar-refractivity contribution is 0.203. The van der Waals surface area contributed by atoms with E-state index in [0.717, 1.165) is 43.4 Å². The SMILES string of the molecule is CCN(CC)CCN(CCOC)c1ncnc2sc(C)c(C)c12. The molecule has 0 spiro atoms. The lowest BCUT2D eigenvalue weighted by Gasteiger charge is -2.27. The fraction of sp³-hybridized carbons (Fsp3) is 0.647. The van der Waals surface area contributed by atoms with Gasteiger partial charge in [-0.2, -0.15) is 0 Å². The van der Waals surface area contributed by atoms with E-state index in [4.69, 9.17) is 4.74 Å². The van der Waals surface area contributed by atoms with Crippen LogP contribution in [0.1, 0.15) is 24.3 Å². The Balaban J connectivity index is 2.31. The summed E-state index contributed by atoms with van der Waals surface area (Å²) in [6, 6.07) is 0. The average Bonchev–Trinajstić information content (AvgIpc) is 2.86. The van der Waals surface area contributed by atoms with Crippen molar-refractivity contribution in [1.29, 1.82) is 0 Å². The van der Waals surface area contributed by atoms with Gasteiger partial charge in [-0.25, -0.2) is 9.97 Å². The number of hydrogen-bond donors (Lipinski definition) is 0. The monoisotopic (exact) mass is 336 g/mol. The van der Waals surface area contributed by atoms with Crippen LogP contribution in [0.5, 0.6) is 0 Å². The summed E-state index contributed by atoms with van der Waals surface area (Å²) in [6.07, 6.45) is 1.68. The summed E-state index contributed by atoms with van der Waals surface area (Å²) in [5.74, 6) is 1.04. The number of anilines is 1. The Morgan fingerprint density at radius 3 is 2.48 bits per heavy atom. The van der Waals surface area contributed by atoms with Gasteiger partial charge >= 0.3 is 0 Å². The zero-order chi connectivity index (χ0) is 16.8. The maximum Gasteiger partial charge on any atom is 0.141 e. The van der Waals surface area contributed by atoms with E-state index in [1.165, 1.54) is 15.8 Å². The van der Waals surface area contributed by atoms with E-state index in [9.17, 15) is 0 Å². The van der Waals surface area contributed by atoms with Crippen molar-refractivity contribution in [2.75, 3.05) is 51.3 Å². The number of rotatable bonds is 9. The molecule has 0 aromatic carbocycles. The highest BCUT2D eigenvalue weighted by molar-refractivity contribution is 7.18. The normalized spacial score (nSPS) is 11.6. The third-order valence-electron chi connectivity index (χ3n) is 4.39. The number of nitrogens with zero attached hydrogens (tertiary/aromatic N) is 4. The summed E-state index contributed by atoms with van der Waals surface area (Å²) in [7, 11) is 1.75. The van der Waals surface area contributed by atoms with Crippen LogP contribution in [0.15, 0.2) is 6.33 Å². The van der Waals surface area contributed by atoms with Gasteiger partial charge in [-0.3, -0.25) is 0 Å². The Morgan fingerprint density at radius 1 is 1.09 bits per heavy atom. The molecule has 2 heterocycles. The van der Waals surface area contributed by atoms with Crippen LogP contribution in [0.4, 0.5) is 5.82 Å². The molecule has 0 aliphatic heterocycles. The molecule has 0 unspecified atom stereocenters. The van der Waals surface area contributed by atoms with Crippen molar-refractivity contribution < 1.29 is 4.74 Å². The first kappa shape index (κ1) is 18.1. The van der Waals surface area contributed by atoms with Crippen LogP contribution in [0.25, 0.3) is 10.2 Å². The van der Waals surface area contributed by atoms with Crippen molar-refractivity contribution in [2.45, 2.75) is 27.7 Å². The maximum atomic E-state index is 5.30. The number of methoxy groups -OCH3 is 1. The second-order valence-corrected chi connectivity index (χ2v) is 6.87. The van der Waals surface area contributed by atoms with Crippen LogP contribution in [-0.4, -0.2) is 61.3 Å². The molecule has 0 saturated carbocycles. The van der Waals surface area contributed by atoms with Crippen molar-refractivity contribution in [3.63, 3.8) is 0 Å². The molecule has 0 N–H and O–H groups in total. The van der Waals surface area contributed by atoms with E-state index in [1.807, 2.05) is 0 Å². The number of ether oxygens (including phenoxy) is 1. The summed E-state index contributed by atoms with van der Waals surface area (Å²) < 4.78 is 5.30. The summed E-state index contributed by atoms with van der Waals surface area (Å²) in [5, 5.41) is 1.20. The van der Waals surface area contributed by atoms with Gasteiger partial charge in [0.25, 0.3) is 0 Å². The molecule has 2 rings (SSSR count). The smallest absolute Gasteiger partial charge is 0.141 e. The van der Waals surface area contributed by atoms with Crippen LogP contribution in [0.3, 0.4) is 0 Å². The minimum absolute atomic E-state index is 0.700. The molecule has 5 nitrogen and oxygen atoms in total. The van der Waals surface area contributed by atoms with Crippen LogP contribution in [0, 0.1) is 13.8 Å². The highest BCUT2D eigenvalue weighted by Crippen LogP contribution is 2.34. The molecule has 128 valence electrons. The molecule has 0 radical (unpaired) electrons. The molecule has 23 heavy (non-hydrogen) atoms. The van der Waals surface area contributed by atoms with E-state index in [2.05, 4.69) is 47.5 Å². The predicted molar refractivity (Wildman–Crippen MR) is 98.8 cm³/mol. The molecule has 0 fully saturated rings. The van der Waals surface area contributed by atoms with Gasteiger partial charge in [0, 0.05) is 31.6 Å². The van der Waals surface area contributed by atoms with Crippen LogP contribution < -0.4 is 4.90 Å². The summed E-state index contributed by atoms with van der Waals surface area (Å²) in [5.41, 5.74) is 1.30. The van der Waals surface area contributed by atoms with Crippen molar-refractivity contribution in [3.05, 3.63) is 16.8 Å². The minimum atomic E-state index is 0.700. The first-order chi connectivity index (χ1) is 11.1. The molecular weight excluding hydrogens is 308 g/mol. The van der Waals surface area contributed by atoms with Gasteiger partial charge in [-0.15, -0.1) is 11.3 Å². The Morgan fingerprint density at radius 2 is 1.83 bits per heavy atom. The van der Waals surface area contributed by atoms with Gasteiger partial charge in [-0.05, 0) is 32.5 Å². The Bertz CT molecular complexity index is 624. The molecule has 6 heteroatoms. The van der Waals surface area contributed by atoms with E-state index < -0.39 is 0 Å². The molecule has 0 bridgehead atoms. The minimum Gasteiger partial charge on any atom is -0.383 e. The number of fused-ring (bicyclic) bond motifs is 1. The summed E-state index contributed by atoms with van der Waals surface area (Å²) >= 11 is 1.75. The number of aryl methyl sites for hydroxylation is 2. The number of thiophene rings is 1. The van der Waals surface area contributed by atoms with Gasteiger partial charge in [0.15, 0.2) is 0 Å². The van der Waals surface area contributed by atoms with E-state index in [-0.39, 0.29) is 0 Å². The first-order valence-electron chi connectivity index (χ1n) is 8.29. The van der Waals surface area contributed by atoms with Crippen LogP contribution in [0.2, 0.25) is 0 Å². The van der Waals surface area contributed by atoms with E-state index >= 15 is 0 Å². The molecular formula is C17H28N4OS. The fourth-order valence-corrected chi connectivity index (χ4v) is 3.72. The molecule has 2 aromatic rings. The second-order valence-electron chi connectivity index (χ2n) is 5.67. The first-order valence-corrected chi connectivity index (χ1v) is 9.10. The lowest BCUT2D eigenvalue weighted by atomic mass is 10.2. The average molecular weight is 337 g/mol. The van der Waals surface area contributed by atoms with Crippen molar-refractivity contribution in [3.8, 4) is 0 Å². The maximum absolute atomic E-state index is 5.30. The molecule has 0 atom stereocenters. The van der Waals surface area contributed by atoms with Gasteiger partial charge < -0.3 is 14.5 Å². The Kier molecular flexibility index (Phi) is 6.74. The number of likely N-dealkylation sites (N-methyl/N-ethyl adjacent to an activating group) is 1. The van der Waals surface area contributed by atoms with Gasteiger partial charge in [-0.1, -0.05) is 13.8 Å². The summed E-state index contributed by atoms with van der Waals surface area (Å²) in [4.78, 5) is 16.2. The van der Waals surface area contributed by atoms with Crippen molar-refractivity contribution in [2.24, 2.45) is 0 Å². The predicted octanol–water partition coefficient (Wildman–Crippen LogP) is 3.10. The van der Waals surface area contributed by atoms with Gasteiger partial charge in [0.1, 0.15) is 17.0 Å². The Hall–Kier alpha value is -1.24. The van der Waals surface area contributed by atoms with Gasteiger partial charge in [0.05, 0.1) is 12.0 Å². The van der Waals surface area contributed by atoms with Crippen molar-refractivity contribution >= 4 is 27.4 Å². The van der Waals surface area contributed by atoms with Crippen molar-refractivity contribution in [1.82, 2.24) is 14.9 Å². The number of aromatic nitrogens is 2. The zero-order valence-corrected chi connectivity index (χ0v) is 15.7. The third kappa shape index (κ3) is 4.19. The highest BCUT2D eigenvalue weighted by atomic mass is 32.1. The second kappa shape index (κ2) is 8.57. The summed E-state index contributed by atoms with van der Waals surface area (Å²) in [6.45, 7) is 14.4. The molecule has 0 aliphatic carbocycles. The molecule has 0 saturated heterocycles. The quantitative estimate of drug-likeness (QED) is 0.704. The Labute approximate surface area is 143 Å². The lowest BCUT2D eigenvalue weighted by Crippen LogP contribution is -2.37. The third-order valence-corrected chi connectivity index (χ3v) is 5.51. The van der Waals surface area contributed by atoms with E-state index in [0.29, 0.717) is 6.61 Å². The zero-order valence-electron chi connectivity index (χ0n) is 14.9. The molecule has 0 aliphatic rings.